The molecule has 1 aromatic carbocycles. The quantitative estimate of drug-likeness (QED) is 0.472. The van der Waals surface area contributed by atoms with Gasteiger partial charge in [0.2, 0.25) is 5.91 Å². The van der Waals surface area contributed by atoms with E-state index in [-0.39, 0.29) is 23.9 Å². The summed E-state index contributed by atoms with van der Waals surface area (Å²) in [5.74, 6) is -2.86. The molecule has 8 nitrogen and oxygen atoms in total. The second kappa shape index (κ2) is 6.70. The fourth-order valence-electron chi connectivity index (χ4n) is 3.03. The van der Waals surface area contributed by atoms with Gasteiger partial charge >= 0.3 is 17.8 Å². The predicted molar refractivity (Wildman–Crippen MR) is 91.5 cm³/mol. The van der Waals surface area contributed by atoms with Crippen LogP contribution in [0.2, 0.25) is 0 Å². The van der Waals surface area contributed by atoms with Crippen LogP contribution in [0, 0.1) is 0 Å². The summed E-state index contributed by atoms with van der Waals surface area (Å²) in [6.45, 7) is 3.30. The van der Waals surface area contributed by atoms with E-state index in [2.05, 4.69) is 5.32 Å². The molecule has 136 valence electrons. The minimum absolute atomic E-state index is 0.147. The normalized spacial score (nSPS) is 19.2. The number of imide groups is 2. The highest BCUT2D eigenvalue weighted by atomic mass is 16.2. The third kappa shape index (κ3) is 2.87. The molecule has 2 aliphatic heterocycles. The van der Waals surface area contributed by atoms with Gasteiger partial charge in [0.15, 0.2) is 5.78 Å². The molecule has 0 aliphatic carbocycles. The molecule has 8 heteroatoms. The van der Waals surface area contributed by atoms with E-state index >= 15 is 0 Å². The van der Waals surface area contributed by atoms with Crippen molar-refractivity contribution in [2.45, 2.75) is 32.6 Å². The number of nitrogens with zero attached hydrogens (tertiary/aromatic N) is 2. The minimum atomic E-state index is -0.981. The first-order valence-corrected chi connectivity index (χ1v) is 8.50. The summed E-state index contributed by atoms with van der Waals surface area (Å²) in [5.41, 5.74) is 1.63. The van der Waals surface area contributed by atoms with Crippen molar-refractivity contribution in [2.24, 2.45) is 0 Å². The van der Waals surface area contributed by atoms with E-state index in [4.69, 9.17) is 0 Å². The van der Waals surface area contributed by atoms with E-state index in [0.717, 1.165) is 11.3 Å². The lowest BCUT2D eigenvalue weighted by molar-refractivity contribution is -0.143. The molecule has 1 aromatic rings. The molecule has 0 spiro atoms. The molecule has 0 unspecified atom stereocenters. The lowest BCUT2D eigenvalue weighted by Gasteiger charge is -2.15. The molecular formula is C18H19N3O5. The molecule has 0 radical (unpaired) electrons. The van der Waals surface area contributed by atoms with E-state index in [1.165, 1.54) is 6.07 Å². The molecule has 0 saturated carbocycles. The summed E-state index contributed by atoms with van der Waals surface area (Å²) < 4.78 is 0. The Balaban J connectivity index is 1.76. The maximum Gasteiger partial charge on any atom is 0.334 e. The maximum atomic E-state index is 12.5. The number of fused-ring (bicyclic) bond motifs is 1. The Morgan fingerprint density at radius 3 is 2.50 bits per heavy atom. The van der Waals surface area contributed by atoms with Crippen LogP contribution in [0.1, 0.15) is 48.5 Å². The number of hydrogen-bond acceptors (Lipinski definition) is 5. The summed E-state index contributed by atoms with van der Waals surface area (Å²) in [6.07, 6.45) is 1.36. The van der Waals surface area contributed by atoms with Gasteiger partial charge in [-0.25, -0.2) is 9.69 Å². The van der Waals surface area contributed by atoms with Crippen LogP contribution in [-0.2, 0) is 14.4 Å². The first-order valence-electron chi connectivity index (χ1n) is 8.50. The first-order chi connectivity index (χ1) is 12.3. The van der Waals surface area contributed by atoms with Crippen LogP contribution in [-0.4, -0.2) is 52.4 Å². The molecule has 3 rings (SSSR count). The first kappa shape index (κ1) is 17.8. The van der Waals surface area contributed by atoms with Crippen molar-refractivity contribution >= 4 is 35.2 Å². The van der Waals surface area contributed by atoms with Crippen molar-refractivity contribution in [2.75, 3.05) is 18.4 Å². The smallest absolute Gasteiger partial charge is 0.325 e. The van der Waals surface area contributed by atoms with Crippen LogP contribution in [0.15, 0.2) is 18.2 Å². The zero-order chi connectivity index (χ0) is 19.0. The number of urea groups is 1. The standard InChI is InChI=1S/C18H19N3O5/c1-3-4-7-20-16(24)17(25)21(18(20)26)9-14(22)11-5-6-13-12(8-11)10(2)15(23)19-13/h5-6,8,10H,3-4,7,9H2,1-2H3,(H,19,23)/t10-/m1/s1. The van der Waals surface area contributed by atoms with Gasteiger partial charge in [-0.3, -0.25) is 24.1 Å². The Morgan fingerprint density at radius 2 is 1.81 bits per heavy atom. The zero-order valence-electron chi connectivity index (χ0n) is 14.6. The van der Waals surface area contributed by atoms with E-state index in [9.17, 15) is 24.0 Å². The van der Waals surface area contributed by atoms with Gasteiger partial charge < -0.3 is 5.32 Å². The number of ketones is 1. The van der Waals surface area contributed by atoms with Gasteiger partial charge in [-0.1, -0.05) is 13.3 Å². The average molecular weight is 357 g/mol. The van der Waals surface area contributed by atoms with Crippen molar-refractivity contribution in [1.29, 1.82) is 0 Å². The summed E-state index contributed by atoms with van der Waals surface area (Å²) in [4.78, 5) is 62.1. The van der Waals surface area contributed by atoms with E-state index in [1.807, 2.05) is 6.92 Å². The molecule has 0 bridgehead atoms. The third-order valence-electron chi connectivity index (χ3n) is 4.66. The van der Waals surface area contributed by atoms with Crippen LogP contribution in [0.3, 0.4) is 0 Å². The molecule has 1 fully saturated rings. The lowest BCUT2D eigenvalue weighted by atomic mass is 9.99. The van der Waals surface area contributed by atoms with Crippen molar-refractivity contribution in [3.63, 3.8) is 0 Å². The van der Waals surface area contributed by atoms with Crippen LogP contribution in [0.4, 0.5) is 10.5 Å². The van der Waals surface area contributed by atoms with Gasteiger partial charge in [0.1, 0.15) is 0 Å². The number of carbonyl (C=O) groups is 5. The summed E-state index contributed by atoms with van der Waals surface area (Å²) in [7, 11) is 0. The molecule has 1 atom stereocenters. The second-order valence-corrected chi connectivity index (χ2v) is 6.42. The van der Waals surface area contributed by atoms with Crippen molar-refractivity contribution in [1.82, 2.24) is 9.80 Å². The van der Waals surface area contributed by atoms with Gasteiger partial charge in [0.25, 0.3) is 0 Å². The number of nitrogens with one attached hydrogen (secondary N) is 1. The van der Waals surface area contributed by atoms with Gasteiger partial charge in [0.05, 0.1) is 12.5 Å². The largest absolute Gasteiger partial charge is 0.334 e. The molecule has 0 aromatic heterocycles. The number of hydrogen-bond donors (Lipinski definition) is 1. The van der Waals surface area contributed by atoms with Gasteiger partial charge in [-0.2, -0.15) is 0 Å². The highest BCUT2D eigenvalue weighted by Crippen LogP contribution is 2.32. The predicted octanol–water partition coefficient (Wildman–Crippen LogP) is 1.52. The third-order valence-corrected chi connectivity index (χ3v) is 4.66. The monoisotopic (exact) mass is 357 g/mol. The molecule has 5 amide bonds. The van der Waals surface area contributed by atoms with Gasteiger partial charge in [-0.15, -0.1) is 0 Å². The molecule has 2 aliphatic rings. The summed E-state index contributed by atoms with van der Waals surface area (Å²) in [6, 6.07) is 3.98. The molecular weight excluding hydrogens is 338 g/mol. The van der Waals surface area contributed by atoms with Gasteiger partial charge in [0, 0.05) is 17.8 Å². The van der Waals surface area contributed by atoms with E-state index < -0.39 is 30.2 Å². The SMILES string of the molecule is CCCCN1C(=O)C(=O)N(CC(=O)c2ccc3c(c2)[C@@H](C)C(=O)N3)C1=O. The molecule has 1 saturated heterocycles. The van der Waals surface area contributed by atoms with Crippen LogP contribution in [0.25, 0.3) is 0 Å². The average Bonchev–Trinajstić information content (AvgIpc) is 3.01. The van der Waals surface area contributed by atoms with Crippen LogP contribution in [0.5, 0.6) is 0 Å². The summed E-state index contributed by atoms with van der Waals surface area (Å²) >= 11 is 0. The van der Waals surface area contributed by atoms with Crippen molar-refractivity contribution in [3.8, 4) is 0 Å². The number of amides is 5. The van der Waals surface area contributed by atoms with Crippen LogP contribution >= 0.6 is 0 Å². The summed E-state index contributed by atoms with van der Waals surface area (Å²) in [5, 5.41) is 2.71. The number of unbranched alkanes of at least 4 members (excludes halogenated alkanes) is 1. The molecule has 1 N–H and O–H groups in total. The topological polar surface area (TPSA) is 104 Å². The maximum absolute atomic E-state index is 12.5. The van der Waals surface area contributed by atoms with E-state index in [0.29, 0.717) is 22.6 Å². The lowest BCUT2D eigenvalue weighted by Crippen LogP contribution is -2.37. The number of carbonyl (C=O) groups excluding carboxylic acids is 5. The number of rotatable bonds is 6. The van der Waals surface area contributed by atoms with E-state index in [1.54, 1.807) is 19.1 Å². The highest BCUT2D eigenvalue weighted by molar-refractivity contribution is 6.45. The Hall–Kier alpha value is -3.03. The fourth-order valence-corrected chi connectivity index (χ4v) is 3.03. The Morgan fingerprint density at radius 1 is 1.12 bits per heavy atom. The number of anilines is 1. The van der Waals surface area contributed by atoms with Gasteiger partial charge in [-0.05, 0) is 37.1 Å². The van der Waals surface area contributed by atoms with Crippen LogP contribution < -0.4 is 5.32 Å². The number of benzene rings is 1. The van der Waals surface area contributed by atoms with Crippen molar-refractivity contribution in [3.05, 3.63) is 29.3 Å². The molecule has 2 heterocycles. The Kier molecular flexibility index (Phi) is 4.58. The minimum Gasteiger partial charge on any atom is -0.325 e. The highest BCUT2D eigenvalue weighted by Gasteiger charge is 2.44. The van der Waals surface area contributed by atoms with Crippen molar-refractivity contribution < 1.29 is 24.0 Å². The fraction of sp³-hybridized carbons (Fsp3) is 0.389. The Bertz CT molecular complexity index is 832. The zero-order valence-corrected chi connectivity index (χ0v) is 14.6. The molecule has 26 heavy (non-hydrogen) atoms. The Labute approximate surface area is 150 Å². The second-order valence-electron chi connectivity index (χ2n) is 6.42. The number of Topliss-reactive ketones (excluding diaryl/α,β-unsaturated/α-hetero) is 1.